The van der Waals surface area contributed by atoms with Gasteiger partial charge in [0.25, 0.3) is 5.91 Å². The van der Waals surface area contributed by atoms with Crippen LogP contribution >= 0.6 is 11.6 Å². The van der Waals surface area contributed by atoms with Crippen molar-refractivity contribution >= 4 is 29.2 Å². The zero-order chi connectivity index (χ0) is 14.0. The molecule has 1 aromatic rings. The number of hydrogen-bond donors (Lipinski definition) is 0. The Hall–Kier alpha value is -1.62. The molecule has 4 nitrogen and oxygen atoms in total. The summed E-state index contributed by atoms with van der Waals surface area (Å²) in [6, 6.07) is 3.48. The summed E-state index contributed by atoms with van der Waals surface area (Å²) < 4.78 is 13.2. The first kappa shape index (κ1) is 12.1. The van der Waals surface area contributed by atoms with Gasteiger partial charge in [0, 0.05) is 6.04 Å². The topological polar surface area (TPSA) is 40.6 Å². The van der Waals surface area contributed by atoms with Crippen molar-refractivity contribution in [2.75, 3.05) is 4.90 Å². The van der Waals surface area contributed by atoms with Gasteiger partial charge in [-0.1, -0.05) is 11.6 Å². The predicted octanol–water partition coefficient (Wildman–Crippen LogP) is 2.80. The van der Waals surface area contributed by atoms with Gasteiger partial charge in [0.2, 0.25) is 0 Å². The molecule has 1 aromatic carbocycles. The Kier molecular flexibility index (Phi) is 2.40. The SMILES string of the molecule is O=C1[C@@H]2[C@@H]3CC[C@@H](C3)N2C(=O)N1c1ccc(F)c(Cl)c1. The van der Waals surface area contributed by atoms with Crippen molar-refractivity contribution in [3.8, 4) is 0 Å². The number of amides is 3. The van der Waals surface area contributed by atoms with Crippen molar-refractivity contribution < 1.29 is 14.0 Å². The maximum Gasteiger partial charge on any atom is 0.332 e. The molecule has 3 aliphatic rings. The van der Waals surface area contributed by atoms with E-state index >= 15 is 0 Å². The van der Waals surface area contributed by atoms with Gasteiger partial charge in [-0.25, -0.2) is 14.1 Å². The Morgan fingerprint density at radius 2 is 2.05 bits per heavy atom. The third kappa shape index (κ3) is 1.41. The molecule has 2 aliphatic heterocycles. The van der Waals surface area contributed by atoms with Gasteiger partial charge in [-0.3, -0.25) is 4.79 Å². The first-order chi connectivity index (χ1) is 9.58. The molecule has 3 atom stereocenters. The molecule has 4 rings (SSSR count). The Morgan fingerprint density at radius 1 is 1.25 bits per heavy atom. The highest BCUT2D eigenvalue weighted by Crippen LogP contribution is 2.47. The molecule has 3 fully saturated rings. The smallest absolute Gasteiger partial charge is 0.309 e. The van der Waals surface area contributed by atoms with Crippen LogP contribution in [0.25, 0.3) is 0 Å². The lowest BCUT2D eigenvalue weighted by Gasteiger charge is -2.25. The summed E-state index contributed by atoms with van der Waals surface area (Å²) in [5, 5.41) is -0.0851. The summed E-state index contributed by atoms with van der Waals surface area (Å²) in [5.74, 6) is -0.489. The zero-order valence-electron chi connectivity index (χ0n) is 10.6. The second-order valence-corrected chi connectivity index (χ2v) is 6.04. The molecule has 0 N–H and O–H groups in total. The van der Waals surface area contributed by atoms with Crippen LogP contribution in [0.15, 0.2) is 18.2 Å². The number of nitrogens with zero attached hydrogens (tertiary/aromatic N) is 2. The Bertz CT molecular complexity index is 608. The van der Waals surface area contributed by atoms with Crippen LogP contribution in [-0.2, 0) is 4.79 Å². The van der Waals surface area contributed by atoms with Crippen molar-refractivity contribution in [2.45, 2.75) is 31.3 Å². The highest BCUT2D eigenvalue weighted by atomic mass is 35.5. The number of imide groups is 1. The Labute approximate surface area is 120 Å². The van der Waals surface area contributed by atoms with E-state index in [9.17, 15) is 14.0 Å². The average molecular weight is 295 g/mol. The second kappa shape index (κ2) is 3.95. The monoisotopic (exact) mass is 294 g/mol. The summed E-state index contributed by atoms with van der Waals surface area (Å²) in [6.07, 6.45) is 2.90. The van der Waals surface area contributed by atoms with Crippen LogP contribution in [0, 0.1) is 11.7 Å². The van der Waals surface area contributed by atoms with Crippen molar-refractivity contribution in [1.82, 2.24) is 4.90 Å². The minimum absolute atomic E-state index is 0.0851. The summed E-state index contributed by atoms with van der Waals surface area (Å²) in [7, 11) is 0. The van der Waals surface area contributed by atoms with E-state index in [1.807, 2.05) is 0 Å². The molecular formula is C14H12ClFN2O2. The second-order valence-electron chi connectivity index (χ2n) is 5.63. The number of carbonyl (C=O) groups is 2. The molecule has 2 saturated heterocycles. The molecule has 0 unspecified atom stereocenters. The fraction of sp³-hybridized carbons (Fsp3) is 0.429. The predicted molar refractivity (Wildman–Crippen MR) is 71.0 cm³/mol. The number of halogens is 2. The van der Waals surface area contributed by atoms with Gasteiger partial charge < -0.3 is 4.90 Å². The molecule has 20 heavy (non-hydrogen) atoms. The van der Waals surface area contributed by atoms with Crippen molar-refractivity contribution in [3.05, 3.63) is 29.0 Å². The Balaban J connectivity index is 1.74. The number of anilines is 1. The number of fused-ring (bicyclic) bond motifs is 5. The zero-order valence-corrected chi connectivity index (χ0v) is 11.3. The Morgan fingerprint density at radius 3 is 2.75 bits per heavy atom. The first-order valence-corrected chi connectivity index (χ1v) is 7.07. The summed E-state index contributed by atoms with van der Waals surface area (Å²) >= 11 is 5.74. The summed E-state index contributed by atoms with van der Waals surface area (Å²) in [6.45, 7) is 0. The highest BCUT2D eigenvalue weighted by Gasteiger charge is 2.59. The maximum absolute atomic E-state index is 13.2. The first-order valence-electron chi connectivity index (χ1n) is 6.69. The van der Waals surface area contributed by atoms with Crippen LogP contribution in [0.3, 0.4) is 0 Å². The van der Waals surface area contributed by atoms with E-state index in [4.69, 9.17) is 11.6 Å². The lowest BCUT2D eigenvalue weighted by atomic mass is 9.99. The molecule has 3 amide bonds. The van der Waals surface area contributed by atoms with E-state index in [1.54, 1.807) is 4.90 Å². The number of urea groups is 1. The van der Waals surface area contributed by atoms with Gasteiger partial charge in [0.05, 0.1) is 10.7 Å². The molecule has 0 aromatic heterocycles. The molecule has 2 heterocycles. The summed E-state index contributed by atoms with van der Waals surface area (Å²) in [4.78, 5) is 27.8. The fourth-order valence-electron chi connectivity index (χ4n) is 3.78. The number of piperidine rings is 1. The van der Waals surface area contributed by atoms with Crippen LogP contribution < -0.4 is 4.90 Å². The molecule has 104 valence electrons. The van der Waals surface area contributed by atoms with Crippen LogP contribution in [0.1, 0.15) is 19.3 Å². The van der Waals surface area contributed by atoms with E-state index in [0.29, 0.717) is 5.69 Å². The third-order valence-corrected chi connectivity index (χ3v) is 4.92. The van der Waals surface area contributed by atoms with E-state index in [2.05, 4.69) is 0 Å². The van der Waals surface area contributed by atoms with Gasteiger partial charge in [-0.05, 0) is 43.4 Å². The number of benzene rings is 1. The maximum atomic E-state index is 13.2. The number of hydrogen-bond acceptors (Lipinski definition) is 2. The van der Waals surface area contributed by atoms with Gasteiger partial charge in [-0.2, -0.15) is 0 Å². The van der Waals surface area contributed by atoms with Crippen LogP contribution in [-0.4, -0.2) is 28.9 Å². The summed E-state index contributed by atoms with van der Waals surface area (Å²) in [5.41, 5.74) is 0.347. The highest BCUT2D eigenvalue weighted by molar-refractivity contribution is 6.31. The molecule has 6 heteroatoms. The molecule has 0 radical (unpaired) electrons. The quantitative estimate of drug-likeness (QED) is 0.747. The molecule has 2 bridgehead atoms. The van der Waals surface area contributed by atoms with Gasteiger partial charge in [0.15, 0.2) is 0 Å². The molecule has 0 spiro atoms. The molecule has 1 aliphatic carbocycles. The van der Waals surface area contributed by atoms with E-state index in [1.165, 1.54) is 18.2 Å². The lowest BCUT2D eigenvalue weighted by molar-refractivity contribution is -0.120. The van der Waals surface area contributed by atoms with Crippen LogP contribution in [0.5, 0.6) is 0 Å². The number of rotatable bonds is 1. The van der Waals surface area contributed by atoms with E-state index in [0.717, 1.165) is 24.2 Å². The van der Waals surface area contributed by atoms with Crippen molar-refractivity contribution in [3.63, 3.8) is 0 Å². The van der Waals surface area contributed by atoms with Gasteiger partial charge >= 0.3 is 6.03 Å². The van der Waals surface area contributed by atoms with Gasteiger partial charge in [-0.15, -0.1) is 0 Å². The fourth-order valence-corrected chi connectivity index (χ4v) is 3.96. The average Bonchev–Trinajstić information content (AvgIpc) is 3.08. The normalized spacial score (nSPS) is 31.4. The van der Waals surface area contributed by atoms with Crippen molar-refractivity contribution in [2.24, 2.45) is 5.92 Å². The minimum Gasteiger partial charge on any atom is -0.309 e. The van der Waals surface area contributed by atoms with E-state index in [-0.39, 0.29) is 35.0 Å². The number of carbonyl (C=O) groups excluding carboxylic acids is 2. The van der Waals surface area contributed by atoms with Crippen molar-refractivity contribution in [1.29, 1.82) is 0 Å². The minimum atomic E-state index is -0.560. The largest absolute Gasteiger partial charge is 0.332 e. The molecular weight excluding hydrogens is 283 g/mol. The van der Waals surface area contributed by atoms with Gasteiger partial charge in [0.1, 0.15) is 11.9 Å². The molecule has 1 saturated carbocycles. The van der Waals surface area contributed by atoms with Crippen LogP contribution in [0.2, 0.25) is 5.02 Å². The van der Waals surface area contributed by atoms with E-state index < -0.39 is 5.82 Å². The third-order valence-electron chi connectivity index (χ3n) is 4.63. The standard InChI is InChI=1S/C14H12ClFN2O2/c15-10-6-9(3-4-11(10)16)18-13(19)12-7-1-2-8(5-7)17(12)14(18)20/h3-4,6-8,12H,1-2,5H2/t7-,8+,12+/m1/s1. The van der Waals surface area contributed by atoms with Crippen LogP contribution in [0.4, 0.5) is 14.9 Å². The lowest BCUT2D eigenvalue weighted by Crippen LogP contribution is -2.40.